The number of nitrogens with zero attached hydrogens (tertiary/aromatic N) is 2. The van der Waals surface area contributed by atoms with Crippen LogP contribution < -0.4 is 5.32 Å². The van der Waals surface area contributed by atoms with E-state index in [4.69, 9.17) is 0 Å². The molecule has 0 atom stereocenters. The first-order valence-electron chi connectivity index (χ1n) is 5.86. The molecule has 0 unspecified atom stereocenters. The van der Waals surface area contributed by atoms with Gasteiger partial charge >= 0.3 is 6.18 Å². The summed E-state index contributed by atoms with van der Waals surface area (Å²) in [6, 6.07) is 0. The Morgan fingerprint density at radius 2 is 1.74 bits per heavy atom. The minimum absolute atomic E-state index is 0.0162. The third kappa shape index (κ3) is 8.41. The number of carbonyl (C=O) groups is 2. The number of rotatable bonds is 7. The van der Waals surface area contributed by atoms with E-state index >= 15 is 0 Å². The van der Waals surface area contributed by atoms with Gasteiger partial charge in [0.25, 0.3) is 0 Å². The lowest BCUT2D eigenvalue weighted by Crippen LogP contribution is -2.44. The second-order valence-corrected chi connectivity index (χ2v) is 4.36. The van der Waals surface area contributed by atoms with Gasteiger partial charge in [-0.05, 0) is 20.0 Å². The van der Waals surface area contributed by atoms with Gasteiger partial charge in [-0.2, -0.15) is 13.2 Å². The zero-order chi connectivity index (χ0) is 15.1. The molecule has 0 aromatic heterocycles. The number of hydrogen-bond donors (Lipinski definition) is 1. The lowest BCUT2D eigenvalue weighted by molar-refractivity contribution is -0.164. The quantitative estimate of drug-likeness (QED) is 0.691. The maximum Gasteiger partial charge on any atom is 0.406 e. The topological polar surface area (TPSA) is 52.7 Å². The van der Waals surface area contributed by atoms with Gasteiger partial charge in [-0.3, -0.25) is 9.59 Å². The molecule has 1 N–H and O–H groups in total. The van der Waals surface area contributed by atoms with Crippen molar-refractivity contribution in [1.29, 1.82) is 0 Å². The van der Waals surface area contributed by atoms with E-state index < -0.39 is 31.1 Å². The van der Waals surface area contributed by atoms with Crippen LogP contribution in [0.4, 0.5) is 13.2 Å². The summed E-state index contributed by atoms with van der Waals surface area (Å²) in [6.45, 7) is -1.41. The zero-order valence-corrected chi connectivity index (χ0v) is 11.4. The highest BCUT2D eigenvalue weighted by atomic mass is 19.4. The first-order valence-corrected chi connectivity index (χ1v) is 5.86. The van der Waals surface area contributed by atoms with Gasteiger partial charge in [-0.15, -0.1) is 0 Å². The third-order valence-corrected chi connectivity index (χ3v) is 2.37. The number of nitrogens with one attached hydrogen (secondary N) is 1. The molecule has 0 aromatic carbocycles. The van der Waals surface area contributed by atoms with Gasteiger partial charge in [0, 0.05) is 20.5 Å². The summed E-state index contributed by atoms with van der Waals surface area (Å²) < 4.78 is 37.1. The molecule has 0 aliphatic carbocycles. The van der Waals surface area contributed by atoms with Crippen molar-refractivity contribution in [3.63, 3.8) is 0 Å². The molecule has 0 fully saturated rings. The van der Waals surface area contributed by atoms with E-state index in [0.717, 1.165) is 4.90 Å². The minimum Gasteiger partial charge on any atom is -0.347 e. The van der Waals surface area contributed by atoms with Crippen LogP contribution >= 0.6 is 0 Å². The monoisotopic (exact) mass is 283 g/mol. The van der Waals surface area contributed by atoms with E-state index in [1.807, 2.05) is 0 Å². The van der Waals surface area contributed by atoms with Crippen molar-refractivity contribution in [2.75, 3.05) is 40.8 Å². The molecule has 5 nitrogen and oxygen atoms in total. The largest absolute Gasteiger partial charge is 0.406 e. The molecular weight excluding hydrogens is 263 g/mol. The van der Waals surface area contributed by atoms with Crippen LogP contribution in [0.2, 0.25) is 0 Å². The van der Waals surface area contributed by atoms with E-state index in [2.05, 4.69) is 5.32 Å². The van der Waals surface area contributed by atoms with Crippen LogP contribution in [0.25, 0.3) is 0 Å². The summed E-state index contributed by atoms with van der Waals surface area (Å²) in [5, 5.41) is 2.80. The van der Waals surface area contributed by atoms with Gasteiger partial charge in [0.15, 0.2) is 0 Å². The molecule has 8 heteroatoms. The molecule has 0 bridgehead atoms. The maximum atomic E-state index is 12.4. The summed E-state index contributed by atoms with van der Waals surface area (Å²) >= 11 is 0. The number of amides is 2. The van der Waals surface area contributed by atoms with Crippen LogP contribution in [0, 0.1) is 0 Å². The Hall–Kier alpha value is -1.31. The summed E-state index contributed by atoms with van der Waals surface area (Å²) in [4.78, 5) is 24.8. The van der Waals surface area contributed by atoms with Crippen molar-refractivity contribution in [2.45, 2.75) is 19.0 Å². The van der Waals surface area contributed by atoms with E-state index in [0.29, 0.717) is 17.9 Å². The molecule has 0 aromatic rings. The Morgan fingerprint density at radius 1 is 1.16 bits per heavy atom. The second kappa shape index (κ2) is 7.98. The van der Waals surface area contributed by atoms with Gasteiger partial charge in [-0.1, -0.05) is 0 Å². The van der Waals surface area contributed by atoms with Crippen LogP contribution in [0.3, 0.4) is 0 Å². The predicted molar refractivity (Wildman–Crippen MR) is 64.5 cm³/mol. The fourth-order valence-electron chi connectivity index (χ4n) is 1.33. The lowest BCUT2D eigenvalue weighted by Gasteiger charge is -2.24. The van der Waals surface area contributed by atoms with Crippen molar-refractivity contribution >= 4 is 11.8 Å². The van der Waals surface area contributed by atoms with Gasteiger partial charge < -0.3 is 15.1 Å². The molecule has 0 radical (unpaired) electrons. The van der Waals surface area contributed by atoms with Gasteiger partial charge in [0.1, 0.15) is 13.1 Å². The minimum atomic E-state index is -4.51. The molecule has 0 spiro atoms. The second-order valence-electron chi connectivity index (χ2n) is 4.36. The molecule has 19 heavy (non-hydrogen) atoms. The maximum absolute atomic E-state index is 12.4. The normalized spacial score (nSPS) is 11.3. The average Bonchev–Trinajstić information content (AvgIpc) is 2.26. The number of hydrogen-bond acceptors (Lipinski definition) is 3. The number of likely N-dealkylation sites (N-methyl/N-ethyl adjacent to an activating group) is 1. The molecule has 0 rings (SSSR count). The van der Waals surface area contributed by atoms with Gasteiger partial charge in [0.2, 0.25) is 11.8 Å². The molecule has 0 aliphatic heterocycles. The molecule has 112 valence electrons. The van der Waals surface area contributed by atoms with Crippen molar-refractivity contribution < 1.29 is 22.8 Å². The van der Waals surface area contributed by atoms with Crippen molar-refractivity contribution in [1.82, 2.24) is 15.1 Å². The Bertz CT molecular complexity index is 306. The predicted octanol–water partition coefficient (Wildman–Crippen LogP) is 0.465. The van der Waals surface area contributed by atoms with Gasteiger partial charge in [-0.25, -0.2) is 0 Å². The van der Waals surface area contributed by atoms with Crippen LogP contribution in [-0.2, 0) is 9.59 Å². The standard InChI is InChI=1S/C11H20F3N3O2/c1-15-6-4-5-9(18)17(8-11(12,13)14)7-10(19)16(2)3/h15H,4-8H2,1-3H3. The van der Waals surface area contributed by atoms with Crippen LogP contribution in [0.5, 0.6) is 0 Å². The van der Waals surface area contributed by atoms with E-state index in [9.17, 15) is 22.8 Å². The highest BCUT2D eigenvalue weighted by Crippen LogP contribution is 2.17. The van der Waals surface area contributed by atoms with Crippen molar-refractivity contribution in [3.8, 4) is 0 Å². The molecule has 2 amide bonds. The molecule has 0 saturated carbocycles. The van der Waals surface area contributed by atoms with Crippen molar-refractivity contribution in [2.24, 2.45) is 0 Å². The Morgan fingerprint density at radius 3 is 2.16 bits per heavy atom. The van der Waals surface area contributed by atoms with Gasteiger partial charge in [0.05, 0.1) is 0 Å². The first-order chi connectivity index (χ1) is 8.67. The van der Waals surface area contributed by atoms with Crippen LogP contribution in [-0.4, -0.2) is 68.6 Å². The number of carbonyl (C=O) groups excluding carboxylic acids is 2. The Labute approximate surface area is 110 Å². The number of alkyl halides is 3. The molecule has 0 heterocycles. The molecule has 0 saturated heterocycles. The fourth-order valence-corrected chi connectivity index (χ4v) is 1.33. The van der Waals surface area contributed by atoms with Crippen LogP contribution in [0.15, 0.2) is 0 Å². The summed E-state index contributed by atoms with van der Waals surface area (Å²) in [6.07, 6.45) is -4.09. The molecular formula is C11H20F3N3O2. The Kier molecular flexibility index (Phi) is 7.43. The summed E-state index contributed by atoms with van der Waals surface area (Å²) in [7, 11) is 4.55. The van der Waals surface area contributed by atoms with Crippen molar-refractivity contribution in [3.05, 3.63) is 0 Å². The smallest absolute Gasteiger partial charge is 0.347 e. The number of halogens is 3. The summed E-state index contributed by atoms with van der Waals surface area (Å²) in [5.74, 6) is -1.20. The van der Waals surface area contributed by atoms with Crippen LogP contribution in [0.1, 0.15) is 12.8 Å². The highest BCUT2D eigenvalue weighted by molar-refractivity contribution is 5.84. The van der Waals surface area contributed by atoms with E-state index in [1.54, 1.807) is 7.05 Å². The van der Waals surface area contributed by atoms with E-state index in [-0.39, 0.29) is 6.42 Å². The Balaban J connectivity index is 4.57. The fraction of sp³-hybridized carbons (Fsp3) is 0.818. The summed E-state index contributed by atoms with van der Waals surface area (Å²) in [5.41, 5.74) is 0. The zero-order valence-electron chi connectivity index (χ0n) is 11.4. The highest BCUT2D eigenvalue weighted by Gasteiger charge is 2.33. The van der Waals surface area contributed by atoms with E-state index in [1.165, 1.54) is 14.1 Å². The average molecular weight is 283 g/mol. The SMILES string of the molecule is CNCCCC(=O)N(CC(=O)N(C)C)CC(F)(F)F. The lowest BCUT2D eigenvalue weighted by atomic mass is 10.2. The first kappa shape index (κ1) is 17.7. The molecule has 0 aliphatic rings. The third-order valence-electron chi connectivity index (χ3n) is 2.37.